The van der Waals surface area contributed by atoms with E-state index in [4.69, 9.17) is 11.6 Å². The second kappa shape index (κ2) is 4.49. The van der Waals surface area contributed by atoms with Crippen LogP contribution in [0.1, 0.15) is 12.8 Å². The molecule has 0 spiro atoms. The Bertz CT molecular complexity index is 440. The summed E-state index contributed by atoms with van der Waals surface area (Å²) in [6, 6.07) is 2.88. The molecule has 1 N–H and O–H groups in total. The van der Waals surface area contributed by atoms with Crippen LogP contribution in [-0.2, 0) is 0 Å². The summed E-state index contributed by atoms with van der Waals surface area (Å²) in [6.07, 6.45) is 5.94. The topological polar surface area (TPSA) is 68.1 Å². The zero-order chi connectivity index (χ0) is 11.5. The van der Waals surface area contributed by atoms with Gasteiger partial charge in [0.15, 0.2) is 0 Å². The first-order valence-electron chi connectivity index (χ1n) is 4.88. The molecule has 0 saturated carbocycles. The molecule has 16 heavy (non-hydrogen) atoms. The third kappa shape index (κ3) is 2.49. The molecule has 6 heteroatoms. The number of hydrogen-bond acceptors (Lipinski definition) is 4. The smallest absolute Gasteiger partial charge is 0.276 e. The number of nitro groups is 1. The third-order valence-corrected chi connectivity index (χ3v) is 2.54. The molecule has 1 aromatic heterocycles. The van der Waals surface area contributed by atoms with E-state index in [2.05, 4.69) is 22.5 Å². The van der Waals surface area contributed by atoms with Crippen molar-refractivity contribution in [3.63, 3.8) is 0 Å². The number of pyridine rings is 1. The Morgan fingerprint density at radius 1 is 1.44 bits per heavy atom. The number of nitrogens with one attached hydrogen (secondary N) is 1. The third-order valence-electron chi connectivity index (χ3n) is 2.35. The lowest BCUT2D eigenvalue weighted by Gasteiger charge is -2.12. The number of nitrogens with zero attached hydrogens (tertiary/aromatic N) is 2. The molecule has 2 rings (SSSR count). The Labute approximate surface area is 97.3 Å². The fourth-order valence-corrected chi connectivity index (χ4v) is 1.81. The van der Waals surface area contributed by atoms with Crippen molar-refractivity contribution in [3.8, 4) is 0 Å². The zero-order valence-corrected chi connectivity index (χ0v) is 9.15. The van der Waals surface area contributed by atoms with Gasteiger partial charge in [0.2, 0.25) is 0 Å². The number of halogens is 1. The summed E-state index contributed by atoms with van der Waals surface area (Å²) in [5.41, 5.74) is -0.0477. The van der Waals surface area contributed by atoms with Gasteiger partial charge in [-0.25, -0.2) is 4.98 Å². The summed E-state index contributed by atoms with van der Waals surface area (Å²) in [4.78, 5) is 14.1. The van der Waals surface area contributed by atoms with Gasteiger partial charge >= 0.3 is 0 Å². The van der Waals surface area contributed by atoms with Crippen molar-refractivity contribution in [1.82, 2.24) is 4.98 Å². The average molecular weight is 240 g/mol. The van der Waals surface area contributed by atoms with Gasteiger partial charge in [0.05, 0.1) is 17.1 Å². The lowest BCUT2D eigenvalue weighted by molar-refractivity contribution is -0.384. The van der Waals surface area contributed by atoms with Crippen LogP contribution >= 0.6 is 11.6 Å². The minimum absolute atomic E-state index is 0.0477. The van der Waals surface area contributed by atoms with Crippen LogP contribution in [0.5, 0.6) is 0 Å². The van der Waals surface area contributed by atoms with Crippen LogP contribution in [0.2, 0.25) is 5.15 Å². The summed E-state index contributed by atoms with van der Waals surface area (Å²) < 4.78 is 0. The van der Waals surface area contributed by atoms with Crippen molar-refractivity contribution in [3.05, 3.63) is 39.6 Å². The highest BCUT2D eigenvalue weighted by Crippen LogP contribution is 2.22. The summed E-state index contributed by atoms with van der Waals surface area (Å²) in [5, 5.41) is 13.9. The molecule has 0 amide bonds. The Kier molecular flexibility index (Phi) is 3.05. The van der Waals surface area contributed by atoms with Gasteiger partial charge < -0.3 is 5.32 Å². The normalized spacial score (nSPS) is 15.3. The molecular weight excluding hydrogens is 230 g/mol. The van der Waals surface area contributed by atoms with Crippen molar-refractivity contribution in [2.45, 2.75) is 18.9 Å². The van der Waals surface area contributed by atoms with E-state index in [0.717, 1.165) is 12.8 Å². The Morgan fingerprint density at radius 2 is 2.12 bits per heavy atom. The predicted molar refractivity (Wildman–Crippen MR) is 61.7 cm³/mol. The van der Waals surface area contributed by atoms with E-state index in [9.17, 15) is 10.1 Å². The number of hydrogen-bond donors (Lipinski definition) is 1. The van der Waals surface area contributed by atoms with Crippen LogP contribution in [-0.4, -0.2) is 15.9 Å². The number of aromatic nitrogens is 1. The van der Waals surface area contributed by atoms with E-state index >= 15 is 0 Å². The predicted octanol–water partition coefficient (Wildman–Crippen LogP) is 2.77. The van der Waals surface area contributed by atoms with Gasteiger partial charge in [-0.15, -0.1) is 0 Å². The molecule has 0 aliphatic heterocycles. The van der Waals surface area contributed by atoms with Crippen LogP contribution < -0.4 is 5.32 Å². The Hall–Kier alpha value is -1.62. The maximum atomic E-state index is 10.6. The van der Waals surface area contributed by atoms with Crippen molar-refractivity contribution in [2.75, 3.05) is 5.32 Å². The standard InChI is InChI=1S/C10H10ClN3O2/c11-9-5-8(14(15)16)6-10(13-9)12-7-3-1-2-4-7/h1-2,5-7H,3-4H2,(H,12,13). The second-order valence-corrected chi connectivity index (χ2v) is 3.96. The van der Waals surface area contributed by atoms with Crippen LogP contribution in [0, 0.1) is 10.1 Å². The first-order chi connectivity index (χ1) is 7.65. The van der Waals surface area contributed by atoms with Gasteiger partial charge in [0, 0.05) is 6.04 Å². The molecular formula is C10H10ClN3O2. The minimum atomic E-state index is -0.481. The average Bonchev–Trinajstić information content (AvgIpc) is 2.69. The lowest BCUT2D eigenvalue weighted by Crippen LogP contribution is -2.16. The quantitative estimate of drug-likeness (QED) is 0.381. The molecule has 1 aliphatic carbocycles. The second-order valence-electron chi connectivity index (χ2n) is 3.57. The molecule has 84 valence electrons. The van der Waals surface area contributed by atoms with Crippen molar-refractivity contribution >= 4 is 23.1 Å². The van der Waals surface area contributed by atoms with Gasteiger partial charge in [0.1, 0.15) is 11.0 Å². The lowest BCUT2D eigenvalue weighted by atomic mass is 10.2. The highest BCUT2D eigenvalue weighted by Gasteiger charge is 2.14. The van der Waals surface area contributed by atoms with E-state index in [1.807, 2.05) is 0 Å². The first-order valence-corrected chi connectivity index (χ1v) is 5.26. The fraction of sp³-hybridized carbons (Fsp3) is 0.300. The summed E-state index contributed by atoms with van der Waals surface area (Å²) in [5.74, 6) is 0.452. The van der Waals surface area contributed by atoms with Crippen molar-refractivity contribution < 1.29 is 4.92 Å². The molecule has 1 aliphatic rings. The highest BCUT2D eigenvalue weighted by atomic mass is 35.5. The zero-order valence-electron chi connectivity index (χ0n) is 8.39. The Balaban J connectivity index is 2.16. The van der Waals surface area contributed by atoms with Gasteiger partial charge in [0.25, 0.3) is 5.69 Å². The van der Waals surface area contributed by atoms with Crippen LogP contribution in [0.15, 0.2) is 24.3 Å². The highest BCUT2D eigenvalue weighted by molar-refractivity contribution is 6.29. The van der Waals surface area contributed by atoms with Crippen LogP contribution in [0.25, 0.3) is 0 Å². The molecule has 0 saturated heterocycles. The first kappa shape index (κ1) is 10.9. The van der Waals surface area contributed by atoms with Crippen molar-refractivity contribution in [1.29, 1.82) is 0 Å². The van der Waals surface area contributed by atoms with E-state index < -0.39 is 4.92 Å². The van der Waals surface area contributed by atoms with Crippen LogP contribution in [0.4, 0.5) is 11.5 Å². The number of rotatable bonds is 3. The van der Waals surface area contributed by atoms with Gasteiger partial charge in [-0.05, 0) is 12.8 Å². The van der Waals surface area contributed by atoms with Crippen LogP contribution in [0.3, 0.4) is 0 Å². The molecule has 5 nitrogen and oxygen atoms in total. The monoisotopic (exact) mass is 239 g/mol. The largest absolute Gasteiger partial charge is 0.366 e. The molecule has 1 aromatic rings. The van der Waals surface area contributed by atoms with Gasteiger partial charge in [-0.2, -0.15) is 0 Å². The summed E-state index contributed by atoms with van der Waals surface area (Å²) in [7, 11) is 0. The van der Waals surface area contributed by atoms with Crippen molar-refractivity contribution in [2.24, 2.45) is 0 Å². The van der Waals surface area contributed by atoms with Gasteiger partial charge in [-0.3, -0.25) is 10.1 Å². The maximum absolute atomic E-state index is 10.6. The number of anilines is 1. The van der Waals surface area contributed by atoms with E-state index in [1.165, 1.54) is 12.1 Å². The summed E-state index contributed by atoms with van der Waals surface area (Å²) in [6.45, 7) is 0. The summed E-state index contributed by atoms with van der Waals surface area (Å²) >= 11 is 5.71. The minimum Gasteiger partial charge on any atom is -0.366 e. The molecule has 0 unspecified atom stereocenters. The molecule has 0 bridgehead atoms. The van der Waals surface area contributed by atoms with Gasteiger partial charge in [-0.1, -0.05) is 23.8 Å². The molecule has 0 radical (unpaired) electrons. The fourth-order valence-electron chi connectivity index (χ4n) is 1.61. The molecule has 0 atom stereocenters. The van der Waals surface area contributed by atoms with E-state index in [1.54, 1.807) is 0 Å². The SMILES string of the molecule is O=[N+]([O-])c1cc(Cl)nc(NC2CC=CC2)c1. The molecule has 1 heterocycles. The molecule has 0 fully saturated rings. The molecule has 0 aromatic carbocycles. The van der Waals surface area contributed by atoms with E-state index in [-0.39, 0.29) is 16.9 Å². The van der Waals surface area contributed by atoms with E-state index in [0.29, 0.717) is 5.82 Å². The maximum Gasteiger partial charge on any atom is 0.276 e. The Morgan fingerprint density at radius 3 is 2.75 bits per heavy atom.